The van der Waals surface area contributed by atoms with E-state index < -0.39 is 0 Å². The topological polar surface area (TPSA) is 30.5 Å². The molecule has 1 fully saturated rings. The third-order valence-corrected chi connectivity index (χ3v) is 3.24. The molecule has 2 heterocycles. The molecule has 0 aliphatic carbocycles. The molecule has 0 unspecified atom stereocenters. The summed E-state index contributed by atoms with van der Waals surface area (Å²) in [5, 5.41) is 3.34. The first-order valence-electron chi connectivity index (χ1n) is 5.43. The summed E-state index contributed by atoms with van der Waals surface area (Å²) in [5.74, 6) is 0. The van der Waals surface area contributed by atoms with Gasteiger partial charge in [0.1, 0.15) is 0 Å². The third kappa shape index (κ3) is 1.39. The molecular weight excluding hydrogens is 190 g/mol. The summed E-state index contributed by atoms with van der Waals surface area (Å²) in [7, 11) is 1.99. The highest BCUT2D eigenvalue weighted by atomic mass is 16.7. The van der Waals surface area contributed by atoms with Crippen LogP contribution in [0.3, 0.4) is 0 Å². The van der Waals surface area contributed by atoms with E-state index in [2.05, 4.69) is 23.5 Å². The van der Waals surface area contributed by atoms with Crippen LogP contribution in [-0.4, -0.2) is 19.8 Å². The van der Waals surface area contributed by atoms with Crippen LogP contribution in [0.15, 0.2) is 24.3 Å². The lowest BCUT2D eigenvalue weighted by Gasteiger charge is -2.41. The molecular formula is C12H15NO2. The molecule has 0 amide bonds. The van der Waals surface area contributed by atoms with Crippen molar-refractivity contribution in [3.8, 4) is 0 Å². The van der Waals surface area contributed by atoms with E-state index in [1.807, 2.05) is 13.1 Å². The lowest BCUT2D eigenvalue weighted by atomic mass is 9.90. The number of nitrogens with one attached hydrogen (secondary N) is 1. The van der Waals surface area contributed by atoms with Gasteiger partial charge in [0.05, 0.1) is 18.8 Å². The summed E-state index contributed by atoms with van der Waals surface area (Å²) >= 11 is 0. The number of fused-ring (bicyclic) bond motifs is 4. The normalized spacial score (nSPS) is 33.5. The Hall–Kier alpha value is -0.900. The molecule has 1 N–H and O–H groups in total. The average molecular weight is 205 g/mol. The molecule has 2 aliphatic rings. The van der Waals surface area contributed by atoms with Crippen LogP contribution in [0.5, 0.6) is 0 Å². The van der Waals surface area contributed by atoms with Gasteiger partial charge in [-0.3, -0.25) is 0 Å². The summed E-state index contributed by atoms with van der Waals surface area (Å²) in [6, 6.07) is 8.66. The average Bonchev–Trinajstić information content (AvgIpc) is 2.30. The van der Waals surface area contributed by atoms with Crippen molar-refractivity contribution in [2.45, 2.75) is 24.9 Å². The summed E-state index contributed by atoms with van der Waals surface area (Å²) in [6.45, 7) is 0.793. The van der Waals surface area contributed by atoms with Gasteiger partial charge in [-0.25, -0.2) is 0 Å². The highest BCUT2D eigenvalue weighted by Gasteiger charge is 2.37. The second kappa shape index (κ2) is 3.59. The van der Waals surface area contributed by atoms with Crippen molar-refractivity contribution < 1.29 is 9.47 Å². The van der Waals surface area contributed by atoms with E-state index in [1.165, 1.54) is 11.1 Å². The first kappa shape index (κ1) is 9.33. The van der Waals surface area contributed by atoms with Gasteiger partial charge in [0.2, 0.25) is 0 Å². The van der Waals surface area contributed by atoms with Crippen LogP contribution < -0.4 is 5.32 Å². The van der Waals surface area contributed by atoms with Crippen molar-refractivity contribution in [1.29, 1.82) is 0 Å². The van der Waals surface area contributed by atoms with E-state index in [0.29, 0.717) is 6.04 Å². The fourth-order valence-corrected chi connectivity index (χ4v) is 2.52. The number of ether oxygens (including phenoxy) is 2. The Kier molecular flexibility index (Phi) is 2.24. The largest absolute Gasteiger partial charge is 0.348 e. The van der Waals surface area contributed by atoms with Crippen LogP contribution in [0, 0.1) is 0 Å². The molecule has 2 aliphatic heterocycles. The Morgan fingerprint density at radius 3 is 2.87 bits per heavy atom. The Morgan fingerprint density at radius 2 is 2.07 bits per heavy atom. The zero-order valence-corrected chi connectivity index (χ0v) is 8.77. The number of likely N-dealkylation sites (N-methyl/N-ethyl adjacent to an activating group) is 1. The minimum Gasteiger partial charge on any atom is -0.348 e. The van der Waals surface area contributed by atoms with E-state index >= 15 is 0 Å². The van der Waals surface area contributed by atoms with Gasteiger partial charge in [0.25, 0.3) is 0 Å². The highest BCUT2D eigenvalue weighted by molar-refractivity contribution is 5.34. The summed E-state index contributed by atoms with van der Waals surface area (Å²) < 4.78 is 11.5. The Balaban J connectivity index is 2.08. The number of hydrogen-bond acceptors (Lipinski definition) is 3. The minimum atomic E-state index is -0.149. The van der Waals surface area contributed by atoms with Gasteiger partial charge in [0.15, 0.2) is 6.29 Å². The lowest BCUT2D eigenvalue weighted by Crippen LogP contribution is -2.42. The molecule has 3 heteroatoms. The van der Waals surface area contributed by atoms with Crippen molar-refractivity contribution in [2.75, 3.05) is 13.7 Å². The molecule has 2 bridgehead atoms. The summed E-state index contributed by atoms with van der Waals surface area (Å²) in [4.78, 5) is 0. The quantitative estimate of drug-likeness (QED) is 0.758. The standard InChI is InChI=1S/C12H15NO2/c1-13-11-8-4-2-3-5-9(8)12-14-7-6-10(11)15-12/h2-5,10-13H,6-7H2,1H3/t10-,11+,12-/m1/s1. The van der Waals surface area contributed by atoms with Crippen molar-refractivity contribution in [3.05, 3.63) is 35.4 Å². The van der Waals surface area contributed by atoms with E-state index in [4.69, 9.17) is 9.47 Å². The van der Waals surface area contributed by atoms with Gasteiger partial charge in [-0.1, -0.05) is 24.3 Å². The zero-order valence-electron chi connectivity index (χ0n) is 8.77. The van der Waals surface area contributed by atoms with Gasteiger partial charge < -0.3 is 14.8 Å². The minimum absolute atomic E-state index is 0.149. The smallest absolute Gasteiger partial charge is 0.184 e. The zero-order chi connectivity index (χ0) is 10.3. The van der Waals surface area contributed by atoms with Gasteiger partial charge >= 0.3 is 0 Å². The van der Waals surface area contributed by atoms with E-state index in [1.54, 1.807) is 0 Å². The van der Waals surface area contributed by atoms with Crippen LogP contribution in [0.25, 0.3) is 0 Å². The molecule has 0 saturated carbocycles. The van der Waals surface area contributed by atoms with E-state index in [0.717, 1.165) is 13.0 Å². The molecule has 3 nitrogen and oxygen atoms in total. The highest BCUT2D eigenvalue weighted by Crippen LogP contribution is 2.40. The van der Waals surface area contributed by atoms with Crippen molar-refractivity contribution in [3.63, 3.8) is 0 Å². The predicted octanol–water partition coefficient (Wildman–Crippen LogP) is 1.76. The van der Waals surface area contributed by atoms with Gasteiger partial charge in [0, 0.05) is 5.56 Å². The Bertz CT molecular complexity index is 366. The van der Waals surface area contributed by atoms with Gasteiger partial charge in [-0.15, -0.1) is 0 Å². The Labute approximate surface area is 89.4 Å². The number of rotatable bonds is 1. The number of hydrogen-bond donors (Lipinski definition) is 1. The van der Waals surface area contributed by atoms with Crippen LogP contribution in [0.2, 0.25) is 0 Å². The lowest BCUT2D eigenvalue weighted by molar-refractivity contribution is -0.233. The van der Waals surface area contributed by atoms with Crippen LogP contribution in [0.1, 0.15) is 29.9 Å². The molecule has 0 spiro atoms. The monoisotopic (exact) mass is 205 g/mol. The molecule has 3 rings (SSSR count). The summed E-state index contributed by atoms with van der Waals surface area (Å²) in [6.07, 6.45) is 1.07. The third-order valence-electron chi connectivity index (χ3n) is 3.24. The maximum absolute atomic E-state index is 5.87. The van der Waals surface area contributed by atoms with Crippen molar-refractivity contribution >= 4 is 0 Å². The van der Waals surface area contributed by atoms with Crippen LogP contribution in [0.4, 0.5) is 0 Å². The second-order valence-electron chi connectivity index (χ2n) is 4.06. The molecule has 80 valence electrons. The van der Waals surface area contributed by atoms with Gasteiger partial charge in [-0.05, 0) is 19.0 Å². The molecule has 1 saturated heterocycles. The van der Waals surface area contributed by atoms with Gasteiger partial charge in [-0.2, -0.15) is 0 Å². The second-order valence-corrected chi connectivity index (χ2v) is 4.06. The first-order valence-corrected chi connectivity index (χ1v) is 5.43. The summed E-state index contributed by atoms with van der Waals surface area (Å²) in [5.41, 5.74) is 2.49. The molecule has 15 heavy (non-hydrogen) atoms. The molecule has 0 radical (unpaired) electrons. The maximum Gasteiger partial charge on any atom is 0.184 e. The van der Waals surface area contributed by atoms with Crippen LogP contribution >= 0.6 is 0 Å². The molecule has 3 atom stereocenters. The number of benzene rings is 1. The fourth-order valence-electron chi connectivity index (χ4n) is 2.52. The predicted molar refractivity (Wildman–Crippen MR) is 56.4 cm³/mol. The Morgan fingerprint density at radius 1 is 1.27 bits per heavy atom. The fraction of sp³-hybridized carbons (Fsp3) is 0.500. The first-order chi connectivity index (χ1) is 7.40. The van der Waals surface area contributed by atoms with Crippen molar-refractivity contribution in [2.24, 2.45) is 0 Å². The molecule has 1 aromatic rings. The van der Waals surface area contributed by atoms with E-state index in [9.17, 15) is 0 Å². The maximum atomic E-state index is 5.87. The van der Waals surface area contributed by atoms with Crippen LogP contribution in [-0.2, 0) is 9.47 Å². The van der Waals surface area contributed by atoms with E-state index in [-0.39, 0.29) is 12.4 Å². The molecule has 0 aromatic heterocycles. The molecule has 1 aromatic carbocycles. The van der Waals surface area contributed by atoms with Crippen molar-refractivity contribution in [1.82, 2.24) is 5.32 Å². The SMILES string of the molecule is CN[C@H]1c2ccccc2[C@@H]2OCC[C@H]1O2.